The van der Waals surface area contributed by atoms with E-state index >= 15 is 0 Å². The molecule has 136 valence electrons. The van der Waals surface area contributed by atoms with Crippen LogP contribution in [0.4, 0.5) is 0 Å². The molecule has 26 heavy (non-hydrogen) atoms. The molecule has 5 N–H and O–H groups in total. The largest absolute Gasteiger partial charge is 0.507 e. The first-order chi connectivity index (χ1) is 12.5. The predicted molar refractivity (Wildman–Crippen MR) is 91.1 cm³/mol. The molecule has 1 heterocycles. The molecule has 0 bridgehead atoms. The number of phenolic OH excluding ortho intramolecular Hbond substituents is 2. The van der Waals surface area contributed by atoms with Gasteiger partial charge in [0.15, 0.2) is 12.2 Å². The first-order valence-electron chi connectivity index (χ1n) is 7.94. The molecule has 3 rings (SSSR count). The summed E-state index contributed by atoms with van der Waals surface area (Å²) in [6.07, 6.45) is -1.54. The number of hydrogen-bond donors (Lipinski definition) is 5. The Morgan fingerprint density at radius 3 is 2.50 bits per heavy atom. The average Bonchev–Trinajstić information content (AvgIpc) is 2.63. The highest BCUT2D eigenvalue weighted by Gasteiger charge is 2.41. The maximum absolute atomic E-state index is 12.6. The molecule has 1 aliphatic rings. The summed E-state index contributed by atoms with van der Waals surface area (Å²) in [5, 5.41) is 49.7. The third-order valence-electron chi connectivity index (χ3n) is 4.17. The molecule has 0 saturated carbocycles. The van der Waals surface area contributed by atoms with Crippen molar-refractivity contribution < 1.29 is 35.1 Å². The number of aliphatic hydroxyl groups is 3. The van der Waals surface area contributed by atoms with Crippen LogP contribution in [-0.4, -0.2) is 44.0 Å². The second-order valence-electron chi connectivity index (χ2n) is 5.85. The Hall–Kier alpha value is -2.87. The molecule has 0 radical (unpaired) electrons. The van der Waals surface area contributed by atoms with Gasteiger partial charge in [-0.2, -0.15) is 0 Å². The van der Waals surface area contributed by atoms with Gasteiger partial charge in [-0.25, -0.2) is 0 Å². The van der Waals surface area contributed by atoms with Gasteiger partial charge < -0.3 is 30.3 Å². The van der Waals surface area contributed by atoms with Gasteiger partial charge in [-0.3, -0.25) is 4.79 Å². The van der Waals surface area contributed by atoms with Crippen LogP contribution in [0, 0.1) is 0 Å². The first kappa shape index (κ1) is 17.9. The van der Waals surface area contributed by atoms with Crippen LogP contribution in [0.15, 0.2) is 48.6 Å². The van der Waals surface area contributed by atoms with E-state index in [0.29, 0.717) is 5.56 Å². The molecule has 0 spiro atoms. The van der Waals surface area contributed by atoms with Gasteiger partial charge in [0.05, 0.1) is 12.2 Å². The summed E-state index contributed by atoms with van der Waals surface area (Å²) >= 11 is 0. The maximum atomic E-state index is 12.6. The molecule has 3 atom stereocenters. The fourth-order valence-electron chi connectivity index (χ4n) is 2.95. The standard InChI is InChI=1S/C19H18O7/c20-8-4-7-11(21)14-12(22)9-13(23)15-16(24)17(25)18(26-19(14)15)10-5-2-1-3-6-10/h1-7,9,11,17-18,20-23,25H,8H2/b7-4+. The van der Waals surface area contributed by atoms with Gasteiger partial charge in [-0.15, -0.1) is 0 Å². The number of fused-ring (bicyclic) bond motifs is 1. The highest BCUT2D eigenvalue weighted by molar-refractivity contribution is 6.06. The molecule has 0 fully saturated rings. The summed E-state index contributed by atoms with van der Waals surface area (Å²) in [5.41, 5.74) is 0.0748. The van der Waals surface area contributed by atoms with Crippen molar-refractivity contribution in [2.24, 2.45) is 0 Å². The van der Waals surface area contributed by atoms with Gasteiger partial charge >= 0.3 is 0 Å². The molecular weight excluding hydrogens is 340 g/mol. The van der Waals surface area contributed by atoms with Gasteiger partial charge in [0.1, 0.15) is 28.9 Å². The van der Waals surface area contributed by atoms with E-state index in [-0.39, 0.29) is 23.5 Å². The molecule has 7 nitrogen and oxygen atoms in total. The lowest BCUT2D eigenvalue weighted by molar-refractivity contribution is 0.0197. The molecular formula is C19H18O7. The molecule has 3 unspecified atom stereocenters. The van der Waals surface area contributed by atoms with E-state index < -0.39 is 35.6 Å². The highest BCUT2D eigenvalue weighted by atomic mass is 16.5. The van der Waals surface area contributed by atoms with Crippen molar-refractivity contribution in [1.82, 2.24) is 0 Å². The number of hydrogen-bond acceptors (Lipinski definition) is 7. The first-order valence-corrected chi connectivity index (χ1v) is 7.94. The zero-order valence-electron chi connectivity index (χ0n) is 13.6. The van der Waals surface area contributed by atoms with Crippen LogP contribution < -0.4 is 4.74 Å². The number of rotatable bonds is 4. The average molecular weight is 358 g/mol. The van der Waals surface area contributed by atoms with E-state index in [1.807, 2.05) is 0 Å². The van der Waals surface area contributed by atoms with Crippen molar-refractivity contribution in [2.45, 2.75) is 18.3 Å². The van der Waals surface area contributed by atoms with Crippen LogP contribution in [0.3, 0.4) is 0 Å². The van der Waals surface area contributed by atoms with Crippen LogP contribution >= 0.6 is 0 Å². The molecule has 0 aliphatic carbocycles. The summed E-state index contributed by atoms with van der Waals surface area (Å²) in [5.74, 6) is -2.03. The van der Waals surface area contributed by atoms with E-state index in [9.17, 15) is 25.2 Å². The lowest BCUT2D eigenvalue weighted by Crippen LogP contribution is -2.36. The summed E-state index contributed by atoms with van der Waals surface area (Å²) in [6, 6.07) is 9.42. The Kier molecular flexibility index (Phi) is 4.94. The van der Waals surface area contributed by atoms with E-state index in [4.69, 9.17) is 9.84 Å². The summed E-state index contributed by atoms with van der Waals surface area (Å²) in [6.45, 7) is -0.330. The molecule has 2 aromatic rings. The Balaban J connectivity index is 2.16. The summed E-state index contributed by atoms with van der Waals surface area (Å²) in [4.78, 5) is 12.6. The Morgan fingerprint density at radius 2 is 1.85 bits per heavy atom. The fraction of sp³-hybridized carbons (Fsp3) is 0.211. The Labute approximate surface area is 149 Å². The Bertz CT molecular complexity index is 845. The quantitative estimate of drug-likeness (QED) is 0.522. The van der Waals surface area contributed by atoms with Crippen molar-refractivity contribution in [3.05, 3.63) is 65.2 Å². The van der Waals surface area contributed by atoms with Crippen molar-refractivity contribution >= 4 is 5.78 Å². The van der Waals surface area contributed by atoms with Crippen molar-refractivity contribution in [1.29, 1.82) is 0 Å². The fourth-order valence-corrected chi connectivity index (χ4v) is 2.95. The highest BCUT2D eigenvalue weighted by Crippen LogP contribution is 2.47. The molecule has 7 heteroatoms. The second-order valence-corrected chi connectivity index (χ2v) is 5.85. The van der Waals surface area contributed by atoms with Gasteiger partial charge in [-0.1, -0.05) is 42.5 Å². The van der Waals surface area contributed by atoms with Gasteiger partial charge in [0.25, 0.3) is 0 Å². The van der Waals surface area contributed by atoms with Crippen molar-refractivity contribution in [2.75, 3.05) is 6.61 Å². The third-order valence-corrected chi connectivity index (χ3v) is 4.17. The minimum atomic E-state index is -1.56. The van der Waals surface area contributed by atoms with Gasteiger partial charge in [-0.05, 0) is 5.56 Å². The predicted octanol–water partition coefficient (Wildman–Crippen LogP) is 1.36. The lowest BCUT2D eigenvalue weighted by atomic mass is 9.90. The molecule has 1 aliphatic heterocycles. The normalized spacial score (nSPS) is 20.7. The number of aliphatic hydroxyl groups excluding tert-OH is 3. The van der Waals surface area contributed by atoms with E-state index in [1.54, 1.807) is 30.3 Å². The van der Waals surface area contributed by atoms with Crippen LogP contribution in [0.2, 0.25) is 0 Å². The van der Waals surface area contributed by atoms with Crippen LogP contribution in [-0.2, 0) is 0 Å². The van der Waals surface area contributed by atoms with Gasteiger partial charge in [0.2, 0.25) is 5.78 Å². The monoisotopic (exact) mass is 358 g/mol. The van der Waals surface area contributed by atoms with Crippen LogP contribution in [0.1, 0.15) is 33.7 Å². The lowest BCUT2D eigenvalue weighted by Gasteiger charge is -2.32. The zero-order valence-corrected chi connectivity index (χ0v) is 13.6. The smallest absolute Gasteiger partial charge is 0.202 e. The third kappa shape index (κ3) is 3.03. The maximum Gasteiger partial charge on any atom is 0.202 e. The minimum Gasteiger partial charge on any atom is -0.507 e. The SMILES string of the molecule is O=C1c2c(O)cc(O)c(C(O)/C=C/CO)c2OC(c2ccccc2)C1O. The van der Waals surface area contributed by atoms with E-state index in [0.717, 1.165) is 6.07 Å². The summed E-state index contributed by atoms with van der Waals surface area (Å²) in [7, 11) is 0. The number of aromatic hydroxyl groups is 2. The number of carbonyl (C=O) groups is 1. The molecule has 0 amide bonds. The van der Waals surface area contributed by atoms with E-state index in [2.05, 4.69) is 0 Å². The number of carbonyl (C=O) groups excluding carboxylic acids is 1. The number of ketones is 1. The number of phenols is 2. The number of Topliss-reactive ketones (excluding diaryl/α,β-unsaturated/α-hetero) is 1. The van der Waals surface area contributed by atoms with Gasteiger partial charge in [0, 0.05) is 6.07 Å². The van der Waals surface area contributed by atoms with Crippen molar-refractivity contribution in [3.8, 4) is 17.2 Å². The van der Waals surface area contributed by atoms with Crippen LogP contribution in [0.5, 0.6) is 17.2 Å². The molecule has 0 aromatic heterocycles. The van der Waals surface area contributed by atoms with E-state index in [1.165, 1.54) is 12.2 Å². The van der Waals surface area contributed by atoms with Crippen molar-refractivity contribution in [3.63, 3.8) is 0 Å². The zero-order chi connectivity index (χ0) is 18.8. The molecule has 2 aromatic carbocycles. The minimum absolute atomic E-state index is 0.135. The number of ether oxygens (including phenoxy) is 1. The van der Waals surface area contributed by atoms with Crippen LogP contribution in [0.25, 0.3) is 0 Å². The summed E-state index contributed by atoms with van der Waals surface area (Å²) < 4.78 is 5.75. The number of benzene rings is 2. The second kappa shape index (κ2) is 7.17. The topological polar surface area (TPSA) is 127 Å². The Morgan fingerprint density at radius 1 is 1.15 bits per heavy atom. The molecule has 0 saturated heterocycles.